The molecule has 0 unspecified atom stereocenters. The molecule has 2 N–H and O–H groups in total. The Morgan fingerprint density at radius 2 is 1.96 bits per heavy atom. The largest absolute Gasteiger partial charge is 0.487 e. The molecule has 0 radical (unpaired) electrons. The predicted molar refractivity (Wildman–Crippen MR) is 107 cm³/mol. The molecule has 3 rings (SSSR count). The van der Waals surface area contributed by atoms with Crippen LogP contribution in [0.1, 0.15) is 58.1 Å². The normalized spacial score (nSPS) is 18.2. The maximum atomic E-state index is 12.9. The standard InChI is InChI=1S/C18H24N4O4S2/c1-4-15(23)19-16-20-21-17(27-16)28(24,25)22-13-11-18(5-2,6-3)26-14-10-8-7-9-12(13)14/h7-10,13,22H,4-6,11H2,1-3H3,(H,19,20,23)/t13-/m0/s1. The van der Waals surface area contributed by atoms with Crippen LogP contribution in [0.2, 0.25) is 0 Å². The third kappa shape index (κ3) is 4.18. The lowest BCUT2D eigenvalue weighted by atomic mass is 9.84. The lowest BCUT2D eigenvalue weighted by Gasteiger charge is -2.41. The van der Waals surface area contributed by atoms with Crippen LogP contribution in [0.3, 0.4) is 0 Å². The molecule has 2 aromatic rings. The van der Waals surface area contributed by atoms with E-state index >= 15 is 0 Å². The van der Waals surface area contributed by atoms with Crippen molar-refractivity contribution in [3.63, 3.8) is 0 Å². The van der Waals surface area contributed by atoms with Gasteiger partial charge < -0.3 is 10.1 Å². The molecule has 2 heterocycles. The highest BCUT2D eigenvalue weighted by atomic mass is 32.2. The molecule has 1 aromatic heterocycles. The number of carbonyl (C=O) groups excluding carboxylic acids is 1. The molecule has 28 heavy (non-hydrogen) atoms. The molecule has 0 fully saturated rings. The van der Waals surface area contributed by atoms with Crippen LogP contribution in [0.5, 0.6) is 5.75 Å². The second kappa shape index (κ2) is 8.14. The van der Waals surface area contributed by atoms with Crippen molar-refractivity contribution in [2.45, 2.75) is 62.4 Å². The highest BCUT2D eigenvalue weighted by molar-refractivity contribution is 7.91. The second-order valence-electron chi connectivity index (χ2n) is 6.68. The van der Waals surface area contributed by atoms with Gasteiger partial charge in [-0.25, -0.2) is 13.1 Å². The van der Waals surface area contributed by atoms with Crippen LogP contribution in [-0.4, -0.2) is 30.1 Å². The summed E-state index contributed by atoms with van der Waals surface area (Å²) in [4.78, 5) is 11.5. The van der Waals surface area contributed by atoms with Crippen LogP contribution in [0.15, 0.2) is 28.6 Å². The molecule has 0 saturated carbocycles. The van der Waals surface area contributed by atoms with Crippen molar-refractivity contribution in [1.29, 1.82) is 0 Å². The lowest BCUT2D eigenvalue weighted by molar-refractivity contribution is -0.115. The van der Waals surface area contributed by atoms with E-state index in [1.807, 2.05) is 38.1 Å². The highest BCUT2D eigenvalue weighted by Crippen LogP contribution is 2.43. The Labute approximate surface area is 168 Å². The maximum Gasteiger partial charge on any atom is 0.270 e. The van der Waals surface area contributed by atoms with E-state index in [0.717, 1.165) is 29.7 Å². The van der Waals surface area contributed by atoms with Gasteiger partial charge in [0, 0.05) is 18.4 Å². The average molecular weight is 425 g/mol. The Kier molecular flexibility index (Phi) is 6.01. The molecule has 1 aromatic carbocycles. The Morgan fingerprint density at radius 1 is 1.25 bits per heavy atom. The van der Waals surface area contributed by atoms with Gasteiger partial charge in [0.2, 0.25) is 15.4 Å². The number of benzene rings is 1. The SMILES string of the molecule is CCC(=O)Nc1nnc(S(=O)(=O)N[C@H]2CC(CC)(CC)Oc3ccccc32)s1. The number of nitrogens with zero attached hydrogens (tertiary/aromatic N) is 2. The Hall–Kier alpha value is -2.04. The molecule has 1 aliphatic heterocycles. The van der Waals surface area contributed by atoms with E-state index in [1.54, 1.807) is 6.92 Å². The minimum absolute atomic E-state index is 0.163. The summed E-state index contributed by atoms with van der Waals surface area (Å²) in [7, 11) is -3.90. The highest BCUT2D eigenvalue weighted by Gasteiger charge is 2.40. The number of para-hydroxylation sites is 1. The quantitative estimate of drug-likeness (QED) is 0.660. The maximum absolute atomic E-state index is 12.9. The predicted octanol–water partition coefficient (Wildman–Crippen LogP) is 3.25. The van der Waals surface area contributed by atoms with Gasteiger partial charge in [0.05, 0.1) is 6.04 Å². The van der Waals surface area contributed by atoms with E-state index in [2.05, 4.69) is 20.2 Å². The number of anilines is 1. The number of amides is 1. The molecule has 1 atom stereocenters. The van der Waals surface area contributed by atoms with Crippen molar-refractivity contribution in [1.82, 2.24) is 14.9 Å². The molecule has 0 saturated heterocycles. The van der Waals surface area contributed by atoms with E-state index in [9.17, 15) is 13.2 Å². The molecular weight excluding hydrogens is 400 g/mol. The number of sulfonamides is 1. The van der Waals surface area contributed by atoms with Gasteiger partial charge in [-0.15, -0.1) is 10.2 Å². The number of nitrogens with one attached hydrogen (secondary N) is 2. The number of hydrogen-bond donors (Lipinski definition) is 2. The summed E-state index contributed by atoms with van der Waals surface area (Å²) in [6.07, 6.45) is 2.33. The van der Waals surface area contributed by atoms with E-state index < -0.39 is 21.7 Å². The molecule has 0 spiro atoms. The minimum Gasteiger partial charge on any atom is -0.487 e. The van der Waals surface area contributed by atoms with Crippen molar-refractivity contribution in [2.24, 2.45) is 0 Å². The molecule has 0 bridgehead atoms. The van der Waals surface area contributed by atoms with Crippen molar-refractivity contribution in [3.05, 3.63) is 29.8 Å². The number of carbonyl (C=O) groups is 1. The van der Waals surface area contributed by atoms with Crippen molar-refractivity contribution in [3.8, 4) is 5.75 Å². The number of aromatic nitrogens is 2. The zero-order chi connectivity index (χ0) is 20.4. The summed E-state index contributed by atoms with van der Waals surface area (Å²) in [5.74, 6) is 0.445. The molecule has 10 heteroatoms. The van der Waals surface area contributed by atoms with Gasteiger partial charge in [0.25, 0.3) is 10.0 Å². The lowest BCUT2D eigenvalue weighted by Crippen LogP contribution is -2.44. The fourth-order valence-corrected chi connectivity index (χ4v) is 5.37. The molecule has 1 amide bonds. The number of ether oxygens (including phenoxy) is 1. The first-order valence-corrected chi connectivity index (χ1v) is 11.6. The summed E-state index contributed by atoms with van der Waals surface area (Å²) in [6.45, 7) is 5.78. The summed E-state index contributed by atoms with van der Waals surface area (Å²) in [6, 6.07) is 7.02. The molecule has 0 aliphatic carbocycles. The van der Waals surface area contributed by atoms with Crippen molar-refractivity contribution < 1.29 is 17.9 Å². The molecule has 152 valence electrons. The van der Waals surface area contributed by atoms with Crippen LogP contribution in [0, 0.1) is 0 Å². The van der Waals surface area contributed by atoms with Crippen molar-refractivity contribution >= 4 is 32.4 Å². The first-order chi connectivity index (χ1) is 13.3. The van der Waals surface area contributed by atoms with Crippen LogP contribution in [-0.2, 0) is 14.8 Å². The van der Waals surface area contributed by atoms with Gasteiger partial charge in [-0.1, -0.05) is 50.3 Å². The van der Waals surface area contributed by atoms with Gasteiger partial charge in [0.15, 0.2) is 0 Å². The fraction of sp³-hybridized carbons (Fsp3) is 0.500. The van der Waals surface area contributed by atoms with E-state index in [4.69, 9.17) is 4.74 Å². The fourth-order valence-electron chi connectivity index (χ4n) is 3.22. The second-order valence-corrected chi connectivity index (χ2v) is 9.55. The molecule has 8 nitrogen and oxygen atoms in total. The Morgan fingerprint density at radius 3 is 2.64 bits per heavy atom. The van der Waals surface area contributed by atoms with Crippen LogP contribution < -0.4 is 14.8 Å². The summed E-state index contributed by atoms with van der Waals surface area (Å²) >= 11 is 0.829. The topological polar surface area (TPSA) is 110 Å². The van der Waals surface area contributed by atoms with Crippen LogP contribution >= 0.6 is 11.3 Å². The third-order valence-corrected chi connectivity index (χ3v) is 7.66. The first kappa shape index (κ1) is 20.7. The van der Waals surface area contributed by atoms with Crippen LogP contribution in [0.25, 0.3) is 0 Å². The summed E-state index contributed by atoms with van der Waals surface area (Å²) in [5.41, 5.74) is 0.371. The van der Waals surface area contributed by atoms with E-state index in [-0.39, 0.29) is 21.8 Å². The Balaban J connectivity index is 1.88. The number of hydrogen-bond acceptors (Lipinski definition) is 7. The summed E-state index contributed by atoms with van der Waals surface area (Å²) in [5, 5.41) is 10.2. The molecular formula is C18H24N4O4S2. The van der Waals surface area contributed by atoms with Gasteiger partial charge in [-0.2, -0.15) is 0 Å². The minimum atomic E-state index is -3.90. The van der Waals surface area contributed by atoms with Gasteiger partial charge in [-0.05, 0) is 18.9 Å². The van der Waals surface area contributed by atoms with Crippen LogP contribution in [0.4, 0.5) is 5.13 Å². The first-order valence-electron chi connectivity index (χ1n) is 9.26. The average Bonchev–Trinajstić information content (AvgIpc) is 3.17. The smallest absolute Gasteiger partial charge is 0.270 e. The zero-order valence-electron chi connectivity index (χ0n) is 16.1. The number of fused-ring (bicyclic) bond motifs is 1. The van der Waals surface area contributed by atoms with Crippen molar-refractivity contribution in [2.75, 3.05) is 5.32 Å². The van der Waals surface area contributed by atoms with E-state index in [0.29, 0.717) is 12.2 Å². The summed E-state index contributed by atoms with van der Waals surface area (Å²) < 4.78 is 34.6. The monoisotopic (exact) mass is 424 g/mol. The van der Waals surface area contributed by atoms with Gasteiger partial charge in [-0.3, -0.25) is 4.79 Å². The van der Waals surface area contributed by atoms with Gasteiger partial charge in [0.1, 0.15) is 11.4 Å². The molecule has 1 aliphatic rings. The zero-order valence-corrected chi connectivity index (χ0v) is 17.7. The Bertz CT molecular complexity index is 954. The number of rotatable bonds is 7. The van der Waals surface area contributed by atoms with E-state index in [1.165, 1.54) is 0 Å². The van der Waals surface area contributed by atoms with Gasteiger partial charge >= 0.3 is 0 Å². The third-order valence-electron chi connectivity index (χ3n) is 4.99.